The molecular formula is C11H18N2O. The molecule has 0 saturated carbocycles. The Balaban J connectivity index is 1.95. The fourth-order valence-electron chi connectivity index (χ4n) is 2.03. The van der Waals surface area contributed by atoms with E-state index < -0.39 is 0 Å². The average molecular weight is 194 g/mol. The minimum atomic E-state index is 0.781. The Kier molecular flexibility index (Phi) is 3.19. The Morgan fingerprint density at radius 2 is 2.29 bits per heavy atom. The van der Waals surface area contributed by atoms with E-state index >= 15 is 0 Å². The van der Waals surface area contributed by atoms with Crippen molar-refractivity contribution in [3.63, 3.8) is 0 Å². The second-order valence-electron chi connectivity index (χ2n) is 3.91. The lowest BCUT2D eigenvalue weighted by Gasteiger charge is -2.22. The summed E-state index contributed by atoms with van der Waals surface area (Å²) < 4.78 is 7.64. The molecule has 0 aliphatic carbocycles. The predicted molar refractivity (Wildman–Crippen MR) is 55.1 cm³/mol. The lowest BCUT2D eigenvalue weighted by molar-refractivity contribution is 0.0610. The first-order valence-electron chi connectivity index (χ1n) is 5.48. The number of rotatable bonds is 3. The Morgan fingerprint density at radius 1 is 1.50 bits per heavy atom. The molecule has 0 amide bonds. The number of nitrogens with zero attached hydrogens (tertiary/aromatic N) is 2. The molecule has 3 nitrogen and oxygen atoms in total. The first-order valence-corrected chi connectivity index (χ1v) is 5.48. The highest BCUT2D eigenvalue weighted by atomic mass is 16.5. The van der Waals surface area contributed by atoms with E-state index in [0.717, 1.165) is 32.1 Å². The topological polar surface area (TPSA) is 27.1 Å². The first kappa shape index (κ1) is 9.71. The van der Waals surface area contributed by atoms with Crippen LogP contribution in [-0.2, 0) is 17.7 Å². The van der Waals surface area contributed by atoms with Crippen LogP contribution in [0.4, 0.5) is 0 Å². The highest BCUT2D eigenvalue weighted by Crippen LogP contribution is 2.17. The van der Waals surface area contributed by atoms with Crippen LogP contribution in [0, 0.1) is 5.92 Å². The van der Waals surface area contributed by atoms with E-state index in [1.54, 1.807) is 0 Å². The molecule has 0 unspecified atom stereocenters. The summed E-state index contributed by atoms with van der Waals surface area (Å²) in [7, 11) is 0. The van der Waals surface area contributed by atoms with Gasteiger partial charge in [-0.1, -0.05) is 6.92 Å². The lowest BCUT2D eigenvalue weighted by Crippen LogP contribution is -2.20. The maximum Gasteiger partial charge on any atom is 0.108 e. The van der Waals surface area contributed by atoms with E-state index in [1.165, 1.54) is 18.7 Å². The summed E-state index contributed by atoms with van der Waals surface area (Å²) in [5, 5.41) is 0. The van der Waals surface area contributed by atoms with Gasteiger partial charge in [-0.05, 0) is 18.8 Å². The molecule has 1 aromatic heterocycles. The molecule has 0 atom stereocenters. The Bertz CT molecular complexity index is 277. The van der Waals surface area contributed by atoms with Crippen LogP contribution in [0.5, 0.6) is 0 Å². The van der Waals surface area contributed by atoms with Gasteiger partial charge >= 0.3 is 0 Å². The zero-order valence-corrected chi connectivity index (χ0v) is 8.78. The van der Waals surface area contributed by atoms with Crippen LogP contribution in [0.1, 0.15) is 25.6 Å². The highest BCUT2D eigenvalue weighted by molar-refractivity contribution is 4.92. The van der Waals surface area contributed by atoms with Crippen molar-refractivity contribution in [1.82, 2.24) is 9.55 Å². The molecule has 0 N–H and O–H groups in total. The fraction of sp³-hybridized carbons (Fsp3) is 0.727. The number of imidazole rings is 1. The summed E-state index contributed by atoms with van der Waals surface area (Å²) >= 11 is 0. The van der Waals surface area contributed by atoms with Crippen molar-refractivity contribution in [3.8, 4) is 0 Å². The summed E-state index contributed by atoms with van der Waals surface area (Å²) in [4.78, 5) is 4.33. The van der Waals surface area contributed by atoms with Crippen LogP contribution in [0.15, 0.2) is 12.4 Å². The molecule has 2 heterocycles. The molecule has 2 rings (SSSR count). The van der Waals surface area contributed by atoms with Crippen LogP contribution < -0.4 is 0 Å². The lowest BCUT2D eigenvalue weighted by atomic mass is 10.0. The average Bonchev–Trinajstić information content (AvgIpc) is 2.67. The third-order valence-corrected chi connectivity index (χ3v) is 2.91. The minimum absolute atomic E-state index is 0.781. The van der Waals surface area contributed by atoms with Crippen molar-refractivity contribution in [1.29, 1.82) is 0 Å². The van der Waals surface area contributed by atoms with Crippen LogP contribution in [0.25, 0.3) is 0 Å². The maximum atomic E-state index is 5.35. The summed E-state index contributed by atoms with van der Waals surface area (Å²) in [6.07, 6.45) is 7.41. The second kappa shape index (κ2) is 4.60. The first-order chi connectivity index (χ1) is 6.90. The molecule has 1 aliphatic heterocycles. The molecule has 14 heavy (non-hydrogen) atoms. The van der Waals surface area contributed by atoms with Gasteiger partial charge in [0.15, 0.2) is 0 Å². The van der Waals surface area contributed by atoms with Gasteiger partial charge in [-0.15, -0.1) is 0 Å². The molecule has 1 aliphatic rings. The third-order valence-electron chi connectivity index (χ3n) is 2.91. The van der Waals surface area contributed by atoms with Crippen molar-refractivity contribution in [3.05, 3.63) is 18.2 Å². The minimum Gasteiger partial charge on any atom is -0.381 e. The number of hydrogen-bond donors (Lipinski definition) is 0. The normalized spacial score (nSPS) is 18.6. The molecular weight excluding hydrogens is 176 g/mol. The van der Waals surface area contributed by atoms with Gasteiger partial charge in [-0.2, -0.15) is 0 Å². The zero-order chi connectivity index (χ0) is 9.80. The number of aryl methyl sites for hydroxylation is 1. The van der Waals surface area contributed by atoms with Gasteiger partial charge in [-0.3, -0.25) is 0 Å². The van der Waals surface area contributed by atoms with Crippen LogP contribution in [-0.4, -0.2) is 22.8 Å². The Labute approximate surface area is 85.1 Å². The van der Waals surface area contributed by atoms with Gasteiger partial charge in [0.2, 0.25) is 0 Å². The molecule has 1 aromatic rings. The highest BCUT2D eigenvalue weighted by Gasteiger charge is 2.15. The van der Waals surface area contributed by atoms with Crippen molar-refractivity contribution in [2.45, 2.75) is 32.7 Å². The van der Waals surface area contributed by atoms with E-state index in [2.05, 4.69) is 22.7 Å². The van der Waals surface area contributed by atoms with Crippen LogP contribution >= 0.6 is 0 Å². The zero-order valence-electron chi connectivity index (χ0n) is 8.78. The standard InChI is InChI=1S/C11H18N2O/c1-2-11-12-5-6-13(11)9-10-3-7-14-8-4-10/h5-6,10H,2-4,7-9H2,1H3. The van der Waals surface area contributed by atoms with Gasteiger partial charge < -0.3 is 9.30 Å². The summed E-state index contributed by atoms with van der Waals surface area (Å²) in [6.45, 7) is 5.14. The molecule has 0 aromatic carbocycles. The summed E-state index contributed by atoms with van der Waals surface area (Å²) in [5.74, 6) is 1.99. The van der Waals surface area contributed by atoms with Gasteiger partial charge in [0, 0.05) is 38.6 Å². The van der Waals surface area contributed by atoms with Crippen molar-refractivity contribution >= 4 is 0 Å². The molecule has 3 heteroatoms. The van der Waals surface area contributed by atoms with Gasteiger partial charge in [0.05, 0.1) is 0 Å². The monoisotopic (exact) mass is 194 g/mol. The smallest absolute Gasteiger partial charge is 0.108 e. The predicted octanol–water partition coefficient (Wildman–Crippen LogP) is 1.87. The maximum absolute atomic E-state index is 5.35. The van der Waals surface area contributed by atoms with Crippen LogP contribution in [0.3, 0.4) is 0 Å². The summed E-state index contributed by atoms with van der Waals surface area (Å²) in [6, 6.07) is 0. The van der Waals surface area contributed by atoms with Gasteiger partial charge in [0.1, 0.15) is 5.82 Å². The van der Waals surface area contributed by atoms with E-state index in [0.29, 0.717) is 0 Å². The number of ether oxygens (including phenoxy) is 1. The fourth-order valence-corrected chi connectivity index (χ4v) is 2.03. The SMILES string of the molecule is CCc1nccn1CC1CCOCC1. The molecule has 0 spiro atoms. The van der Waals surface area contributed by atoms with Gasteiger partial charge in [-0.25, -0.2) is 4.98 Å². The molecule has 1 fully saturated rings. The number of hydrogen-bond acceptors (Lipinski definition) is 2. The Morgan fingerprint density at radius 3 is 3.00 bits per heavy atom. The number of aromatic nitrogens is 2. The quantitative estimate of drug-likeness (QED) is 0.734. The van der Waals surface area contributed by atoms with Crippen molar-refractivity contribution in [2.75, 3.05) is 13.2 Å². The van der Waals surface area contributed by atoms with Gasteiger partial charge in [0.25, 0.3) is 0 Å². The molecule has 1 saturated heterocycles. The molecule has 0 bridgehead atoms. The van der Waals surface area contributed by atoms with Crippen molar-refractivity contribution < 1.29 is 4.74 Å². The van der Waals surface area contributed by atoms with Crippen molar-refractivity contribution in [2.24, 2.45) is 5.92 Å². The molecule has 0 radical (unpaired) electrons. The van der Waals surface area contributed by atoms with E-state index in [-0.39, 0.29) is 0 Å². The Hall–Kier alpha value is -0.830. The van der Waals surface area contributed by atoms with E-state index in [9.17, 15) is 0 Å². The van der Waals surface area contributed by atoms with Crippen LogP contribution in [0.2, 0.25) is 0 Å². The van der Waals surface area contributed by atoms with E-state index in [4.69, 9.17) is 4.74 Å². The molecule has 78 valence electrons. The van der Waals surface area contributed by atoms with E-state index in [1.807, 2.05) is 6.20 Å². The second-order valence-corrected chi connectivity index (χ2v) is 3.91. The largest absolute Gasteiger partial charge is 0.381 e. The third kappa shape index (κ3) is 2.15. The summed E-state index contributed by atoms with van der Waals surface area (Å²) in [5.41, 5.74) is 0.